The molecule has 0 saturated heterocycles. The van der Waals surface area contributed by atoms with Gasteiger partial charge in [-0.1, -0.05) is 0 Å². The second-order valence-electron chi connectivity index (χ2n) is 3.64. The Bertz CT molecular complexity index is 423. The van der Waals surface area contributed by atoms with E-state index in [4.69, 9.17) is 16.0 Å². The number of hydrogen-bond donors (Lipinski definition) is 1. The third-order valence-electron chi connectivity index (χ3n) is 2.44. The predicted octanol–water partition coefficient (Wildman–Crippen LogP) is 2.76. The zero-order valence-corrected chi connectivity index (χ0v) is 8.65. The van der Waals surface area contributed by atoms with E-state index in [-0.39, 0.29) is 23.8 Å². The molecule has 1 fully saturated rings. The van der Waals surface area contributed by atoms with Crippen molar-refractivity contribution in [1.82, 2.24) is 5.32 Å². The van der Waals surface area contributed by atoms with Crippen molar-refractivity contribution in [3.8, 4) is 0 Å². The Morgan fingerprint density at radius 2 is 2.06 bits per heavy atom. The van der Waals surface area contributed by atoms with Gasteiger partial charge in [-0.05, 0) is 36.6 Å². The molecule has 1 aliphatic rings. The van der Waals surface area contributed by atoms with Gasteiger partial charge in [-0.2, -0.15) is 13.2 Å². The fourth-order valence-electron chi connectivity index (χ4n) is 1.32. The fraction of sp³-hybridized carbons (Fsp3) is 0.444. The van der Waals surface area contributed by atoms with Gasteiger partial charge in [0.1, 0.15) is 5.54 Å². The highest BCUT2D eigenvalue weighted by Crippen LogP contribution is 2.49. The van der Waals surface area contributed by atoms with Gasteiger partial charge in [0.05, 0.1) is 0 Å². The van der Waals surface area contributed by atoms with Crippen LogP contribution in [0.4, 0.5) is 13.2 Å². The maximum absolute atomic E-state index is 12.5. The van der Waals surface area contributed by atoms with Gasteiger partial charge in [-0.3, -0.25) is 4.79 Å². The van der Waals surface area contributed by atoms with Gasteiger partial charge in [-0.25, -0.2) is 0 Å². The van der Waals surface area contributed by atoms with Crippen LogP contribution in [-0.4, -0.2) is 17.6 Å². The highest BCUT2D eigenvalue weighted by molar-refractivity contribution is 6.29. The lowest BCUT2D eigenvalue weighted by Gasteiger charge is -2.19. The molecule has 0 unspecified atom stereocenters. The molecule has 3 nitrogen and oxygen atoms in total. The number of halogens is 4. The van der Waals surface area contributed by atoms with Gasteiger partial charge in [-0.15, -0.1) is 0 Å². The molecule has 1 heterocycles. The Morgan fingerprint density at radius 1 is 1.44 bits per heavy atom. The molecule has 0 aromatic carbocycles. The lowest BCUT2D eigenvalue weighted by Crippen LogP contribution is -2.47. The van der Waals surface area contributed by atoms with E-state index in [1.807, 2.05) is 5.32 Å². The summed E-state index contributed by atoms with van der Waals surface area (Å²) in [6.07, 6.45) is -4.63. The molecule has 1 aromatic heterocycles. The number of nitrogens with one attached hydrogen (secondary N) is 1. The Balaban J connectivity index is 2.09. The first-order valence-corrected chi connectivity index (χ1v) is 4.86. The molecule has 0 spiro atoms. The van der Waals surface area contributed by atoms with E-state index in [9.17, 15) is 18.0 Å². The summed E-state index contributed by atoms with van der Waals surface area (Å²) in [7, 11) is 0. The van der Waals surface area contributed by atoms with Crippen molar-refractivity contribution in [1.29, 1.82) is 0 Å². The Kier molecular flexibility index (Phi) is 2.41. The smallest absolute Gasteiger partial charge is 0.411 e. The summed E-state index contributed by atoms with van der Waals surface area (Å²) in [6.45, 7) is 0. The highest BCUT2D eigenvalue weighted by Gasteiger charge is 2.64. The molecule has 0 aliphatic heterocycles. The summed E-state index contributed by atoms with van der Waals surface area (Å²) >= 11 is 5.41. The highest BCUT2D eigenvalue weighted by atomic mass is 35.5. The van der Waals surface area contributed by atoms with E-state index in [1.54, 1.807) is 0 Å². The SMILES string of the molecule is O=C(NC1(C(F)(F)F)CC1)c1ccc(Cl)o1. The van der Waals surface area contributed by atoms with Gasteiger partial charge in [0.15, 0.2) is 11.0 Å². The average Bonchev–Trinajstić information content (AvgIpc) is 2.81. The number of carbonyl (C=O) groups excluding carboxylic acids is 1. The quantitative estimate of drug-likeness (QED) is 0.881. The summed E-state index contributed by atoms with van der Waals surface area (Å²) in [5.74, 6) is -1.12. The van der Waals surface area contributed by atoms with Gasteiger partial charge in [0.2, 0.25) is 0 Å². The maximum Gasteiger partial charge on any atom is 0.411 e. The lowest BCUT2D eigenvalue weighted by atomic mass is 10.2. The summed E-state index contributed by atoms with van der Waals surface area (Å²) in [6, 6.07) is 2.52. The molecule has 0 radical (unpaired) electrons. The second kappa shape index (κ2) is 3.41. The van der Waals surface area contributed by atoms with Crippen LogP contribution in [0.5, 0.6) is 0 Å². The van der Waals surface area contributed by atoms with E-state index >= 15 is 0 Å². The number of furan rings is 1. The number of carbonyl (C=O) groups is 1. The molecular formula is C9H7ClF3NO2. The molecule has 1 amide bonds. The summed E-state index contributed by atoms with van der Waals surface area (Å²) in [5.41, 5.74) is -2.08. The van der Waals surface area contributed by atoms with Gasteiger partial charge in [0, 0.05) is 0 Å². The molecule has 2 rings (SSSR count). The van der Waals surface area contributed by atoms with E-state index in [1.165, 1.54) is 12.1 Å². The third-order valence-corrected chi connectivity index (χ3v) is 2.65. The van der Waals surface area contributed by atoms with Crippen LogP contribution in [-0.2, 0) is 0 Å². The van der Waals surface area contributed by atoms with Crippen LogP contribution < -0.4 is 5.32 Å². The van der Waals surface area contributed by atoms with Gasteiger partial charge in [0.25, 0.3) is 5.91 Å². The molecule has 7 heteroatoms. The average molecular weight is 254 g/mol. The van der Waals surface area contributed by atoms with Crippen LogP contribution in [0.15, 0.2) is 16.5 Å². The largest absolute Gasteiger partial charge is 0.440 e. The number of rotatable bonds is 2. The maximum atomic E-state index is 12.5. The van der Waals surface area contributed by atoms with Crippen LogP contribution in [0.1, 0.15) is 23.4 Å². The van der Waals surface area contributed by atoms with Crippen LogP contribution in [0.25, 0.3) is 0 Å². The topological polar surface area (TPSA) is 42.2 Å². The van der Waals surface area contributed by atoms with Crippen LogP contribution in [0.2, 0.25) is 5.22 Å². The Hall–Kier alpha value is -1.17. The molecule has 88 valence electrons. The molecule has 1 aromatic rings. The first-order chi connectivity index (χ1) is 7.34. The molecular weight excluding hydrogens is 247 g/mol. The minimum atomic E-state index is -4.43. The Labute approximate surface area is 93.6 Å². The number of hydrogen-bond acceptors (Lipinski definition) is 2. The monoisotopic (exact) mass is 253 g/mol. The summed E-state index contributed by atoms with van der Waals surface area (Å²) in [5, 5.41) is 1.88. The van der Waals surface area contributed by atoms with Crippen molar-refractivity contribution in [2.24, 2.45) is 0 Å². The molecule has 0 bridgehead atoms. The van der Waals surface area contributed by atoms with E-state index in [2.05, 4.69) is 0 Å². The summed E-state index contributed by atoms with van der Waals surface area (Å²) in [4.78, 5) is 11.4. The molecule has 16 heavy (non-hydrogen) atoms. The first kappa shape index (κ1) is 11.3. The number of amides is 1. The summed E-state index contributed by atoms with van der Waals surface area (Å²) < 4.78 is 42.2. The first-order valence-electron chi connectivity index (χ1n) is 4.49. The molecule has 1 N–H and O–H groups in total. The van der Waals surface area contributed by atoms with E-state index in [0.717, 1.165) is 0 Å². The minimum Gasteiger partial charge on any atom is -0.440 e. The fourth-order valence-corrected chi connectivity index (χ4v) is 1.47. The van der Waals surface area contributed by atoms with Gasteiger partial charge >= 0.3 is 6.18 Å². The van der Waals surface area contributed by atoms with Crippen molar-refractivity contribution < 1.29 is 22.4 Å². The zero-order chi connectivity index (χ0) is 12.0. The van der Waals surface area contributed by atoms with Crippen molar-refractivity contribution >= 4 is 17.5 Å². The second-order valence-corrected chi connectivity index (χ2v) is 4.01. The van der Waals surface area contributed by atoms with Crippen LogP contribution >= 0.6 is 11.6 Å². The van der Waals surface area contributed by atoms with Crippen LogP contribution in [0.3, 0.4) is 0 Å². The molecule has 1 aliphatic carbocycles. The van der Waals surface area contributed by atoms with Crippen molar-refractivity contribution in [2.45, 2.75) is 24.6 Å². The standard InChI is InChI=1S/C9H7ClF3NO2/c10-6-2-1-5(16-6)7(15)14-8(3-4-8)9(11,12)13/h1-2H,3-4H2,(H,14,15). The van der Waals surface area contributed by atoms with Gasteiger partial charge < -0.3 is 9.73 Å². The predicted molar refractivity (Wildman–Crippen MR) is 49.2 cm³/mol. The van der Waals surface area contributed by atoms with E-state index in [0.29, 0.717) is 0 Å². The molecule has 0 atom stereocenters. The molecule has 1 saturated carbocycles. The third kappa shape index (κ3) is 1.89. The number of alkyl halides is 3. The van der Waals surface area contributed by atoms with Crippen molar-refractivity contribution in [3.05, 3.63) is 23.1 Å². The zero-order valence-electron chi connectivity index (χ0n) is 7.90. The Morgan fingerprint density at radius 3 is 2.44 bits per heavy atom. The van der Waals surface area contributed by atoms with E-state index < -0.39 is 17.6 Å². The van der Waals surface area contributed by atoms with Crippen molar-refractivity contribution in [3.63, 3.8) is 0 Å². The van der Waals surface area contributed by atoms with Crippen molar-refractivity contribution in [2.75, 3.05) is 0 Å². The van der Waals surface area contributed by atoms with Crippen LogP contribution in [0, 0.1) is 0 Å². The lowest BCUT2D eigenvalue weighted by molar-refractivity contribution is -0.163. The minimum absolute atomic E-state index is 0.0398. The normalized spacial score (nSPS) is 18.2.